The maximum Gasteiger partial charge on any atom is 0.0896 e. The molecule has 3 fully saturated rings. The SMILES string of the molecule is CC1(C)OC(C)(C)C(CN2CCC3CCCCC3C2)C1O. The molecule has 3 heteroatoms. The third kappa shape index (κ3) is 3.02. The molecular weight excluding hydrogens is 262 g/mol. The normalized spacial score (nSPS) is 42.7. The molecule has 3 nitrogen and oxygen atoms in total. The zero-order chi connectivity index (χ0) is 15.3. The number of nitrogens with zero attached hydrogens (tertiary/aromatic N) is 1. The average Bonchev–Trinajstić information content (AvgIpc) is 2.57. The molecule has 3 rings (SSSR count). The van der Waals surface area contributed by atoms with Gasteiger partial charge in [0.1, 0.15) is 0 Å². The third-order valence-corrected chi connectivity index (χ3v) is 6.34. The van der Waals surface area contributed by atoms with Crippen LogP contribution in [0.3, 0.4) is 0 Å². The van der Waals surface area contributed by atoms with Crippen LogP contribution in [-0.4, -0.2) is 46.9 Å². The molecular formula is C18H33NO2. The maximum absolute atomic E-state index is 10.7. The van der Waals surface area contributed by atoms with Crippen molar-refractivity contribution in [2.75, 3.05) is 19.6 Å². The molecule has 0 spiro atoms. The van der Waals surface area contributed by atoms with E-state index in [-0.39, 0.29) is 17.6 Å². The van der Waals surface area contributed by atoms with E-state index in [4.69, 9.17) is 4.74 Å². The highest BCUT2D eigenvalue weighted by Crippen LogP contribution is 2.43. The molecule has 1 saturated carbocycles. The van der Waals surface area contributed by atoms with Gasteiger partial charge in [-0.1, -0.05) is 19.3 Å². The van der Waals surface area contributed by atoms with E-state index in [9.17, 15) is 5.11 Å². The second-order valence-electron chi connectivity index (χ2n) is 8.71. The van der Waals surface area contributed by atoms with E-state index in [0.29, 0.717) is 0 Å². The summed E-state index contributed by atoms with van der Waals surface area (Å²) < 4.78 is 6.13. The molecule has 0 bridgehead atoms. The molecule has 0 amide bonds. The Kier molecular flexibility index (Phi) is 4.13. The van der Waals surface area contributed by atoms with Gasteiger partial charge in [0.15, 0.2) is 0 Å². The van der Waals surface area contributed by atoms with Crippen molar-refractivity contribution < 1.29 is 9.84 Å². The predicted octanol–water partition coefficient (Wildman–Crippen LogP) is 3.06. The Hall–Kier alpha value is -0.120. The molecule has 4 atom stereocenters. The molecule has 1 N–H and O–H groups in total. The summed E-state index contributed by atoms with van der Waals surface area (Å²) in [5, 5.41) is 10.7. The van der Waals surface area contributed by atoms with Crippen LogP contribution in [0, 0.1) is 17.8 Å². The standard InChI is InChI=1S/C18H33NO2/c1-17(2)15(16(20)18(3,4)21-17)12-19-10-9-13-7-5-6-8-14(13)11-19/h13-16,20H,5-12H2,1-4H3. The van der Waals surface area contributed by atoms with Gasteiger partial charge in [-0.2, -0.15) is 0 Å². The Labute approximate surface area is 130 Å². The number of aliphatic hydroxyl groups excluding tert-OH is 1. The van der Waals surface area contributed by atoms with Gasteiger partial charge in [-0.05, 0) is 58.9 Å². The van der Waals surface area contributed by atoms with Crippen LogP contribution in [0.15, 0.2) is 0 Å². The minimum absolute atomic E-state index is 0.215. The summed E-state index contributed by atoms with van der Waals surface area (Å²) >= 11 is 0. The van der Waals surface area contributed by atoms with Gasteiger partial charge in [-0.15, -0.1) is 0 Å². The third-order valence-electron chi connectivity index (χ3n) is 6.34. The van der Waals surface area contributed by atoms with E-state index >= 15 is 0 Å². The molecule has 0 aromatic heterocycles. The van der Waals surface area contributed by atoms with Gasteiger partial charge < -0.3 is 14.7 Å². The number of likely N-dealkylation sites (tertiary alicyclic amines) is 1. The van der Waals surface area contributed by atoms with Gasteiger partial charge >= 0.3 is 0 Å². The summed E-state index contributed by atoms with van der Waals surface area (Å²) in [6.45, 7) is 11.8. The van der Waals surface area contributed by atoms with Gasteiger partial charge in [-0.25, -0.2) is 0 Å². The quantitative estimate of drug-likeness (QED) is 0.850. The van der Waals surface area contributed by atoms with Gasteiger partial charge in [0, 0.05) is 19.0 Å². The number of hydrogen-bond acceptors (Lipinski definition) is 3. The Bertz CT molecular complexity index is 379. The first kappa shape index (κ1) is 15.8. The Balaban J connectivity index is 1.64. The number of fused-ring (bicyclic) bond motifs is 1. The first-order valence-electron chi connectivity index (χ1n) is 8.90. The molecule has 4 unspecified atom stereocenters. The van der Waals surface area contributed by atoms with Crippen molar-refractivity contribution in [3.63, 3.8) is 0 Å². The van der Waals surface area contributed by atoms with Crippen molar-refractivity contribution in [3.8, 4) is 0 Å². The average molecular weight is 295 g/mol. The lowest BCUT2D eigenvalue weighted by atomic mass is 9.74. The minimum atomic E-state index is -0.419. The van der Waals surface area contributed by atoms with Gasteiger partial charge in [0.2, 0.25) is 0 Å². The molecule has 2 saturated heterocycles. The predicted molar refractivity (Wildman–Crippen MR) is 85.2 cm³/mol. The number of ether oxygens (including phenoxy) is 1. The molecule has 0 radical (unpaired) electrons. The Morgan fingerprint density at radius 2 is 1.67 bits per heavy atom. The summed E-state index contributed by atoms with van der Waals surface area (Å²) in [7, 11) is 0. The monoisotopic (exact) mass is 295 g/mol. The summed E-state index contributed by atoms with van der Waals surface area (Å²) in [6, 6.07) is 0. The van der Waals surface area contributed by atoms with Crippen LogP contribution >= 0.6 is 0 Å². The van der Waals surface area contributed by atoms with Gasteiger partial charge in [0.25, 0.3) is 0 Å². The van der Waals surface area contributed by atoms with Crippen LogP contribution in [0.5, 0.6) is 0 Å². The van der Waals surface area contributed by atoms with E-state index in [1.54, 1.807) is 0 Å². The second kappa shape index (κ2) is 5.50. The van der Waals surface area contributed by atoms with Crippen molar-refractivity contribution in [2.24, 2.45) is 17.8 Å². The van der Waals surface area contributed by atoms with E-state index < -0.39 is 5.60 Å². The van der Waals surface area contributed by atoms with Crippen LogP contribution < -0.4 is 0 Å². The highest BCUT2D eigenvalue weighted by atomic mass is 16.5. The lowest BCUT2D eigenvalue weighted by Gasteiger charge is -2.43. The largest absolute Gasteiger partial charge is 0.390 e. The van der Waals surface area contributed by atoms with E-state index in [1.165, 1.54) is 45.2 Å². The topological polar surface area (TPSA) is 32.7 Å². The molecule has 122 valence electrons. The maximum atomic E-state index is 10.7. The van der Waals surface area contributed by atoms with Crippen molar-refractivity contribution in [1.82, 2.24) is 4.90 Å². The smallest absolute Gasteiger partial charge is 0.0896 e. The van der Waals surface area contributed by atoms with Crippen molar-refractivity contribution in [1.29, 1.82) is 0 Å². The first-order valence-corrected chi connectivity index (χ1v) is 8.90. The molecule has 2 aliphatic heterocycles. The number of rotatable bonds is 2. The number of piperidine rings is 1. The lowest BCUT2D eigenvalue weighted by molar-refractivity contribution is -0.0916. The number of hydrogen-bond donors (Lipinski definition) is 1. The number of aliphatic hydroxyl groups is 1. The van der Waals surface area contributed by atoms with Crippen molar-refractivity contribution >= 4 is 0 Å². The lowest BCUT2D eigenvalue weighted by Crippen LogP contribution is -2.48. The van der Waals surface area contributed by atoms with Crippen molar-refractivity contribution in [2.45, 2.75) is 77.1 Å². The van der Waals surface area contributed by atoms with Crippen LogP contribution in [0.4, 0.5) is 0 Å². The molecule has 21 heavy (non-hydrogen) atoms. The summed E-state index contributed by atoms with van der Waals surface area (Å²) in [5.74, 6) is 2.10. The highest BCUT2D eigenvalue weighted by Gasteiger charge is 2.53. The fourth-order valence-corrected chi connectivity index (χ4v) is 5.12. The fourth-order valence-electron chi connectivity index (χ4n) is 5.12. The highest BCUT2D eigenvalue weighted by molar-refractivity contribution is 5.02. The van der Waals surface area contributed by atoms with Gasteiger partial charge in [0.05, 0.1) is 17.3 Å². The first-order chi connectivity index (χ1) is 9.79. The fraction of sp³-hybridized carbons (Fsp3) is 1.00. The zero-order valence-electron chi connectivity index (χ0n) is 14.3. The summed E-state index contributed by atoms with van der Waals surface area (Å²) in [4.78, 5) is 2.60. The summed E-state index contributed by atoms with van der Waals surface area (Å²) in [6.07, 6.45) is 6.72. The minimum Gasteiger partial charge on any atom is -0.390 e. The van der Waals surface area contributed by atoms with Crippen molar-refractivity contribution in [3.05, 3.63) is 0 Å². The Morgan fingerprint density at radius 1 is 1.00 bits per heavy atom. The zero-order valence-corrected chi connectivity index (χ0v) is 14.3. The van der Waals surface area contributed by atoms with Crippen LogP contribution in [0.2, 0.25) is 0 Å². The summed E-state index contributed by atoms with van der Waals surface area (Å²) in [5.41, 5.74) is -0.649. The van der Waals surface area contributed by atoms with Crippen LogP contribution in [0.25, 0.3) is 0 Å². The second-order valence-corrected chi connectivity index (χ2v) is 8.71. The Morgan fingerprint density at radius 3 is 2.29 bits per heavy atom. The molecule has 0 aromatic rings. The van der Waals surface area contributed by atoms with E-state index in [1.807, 2.05) is 13.8 Å². The van der Waals surface area contributed by atoms with E-state index in [0.717, 1.165) is 18.4 Å². The molecule has 2 heterocycles. The van der Waals surface area contributed by atoms with Gasteiger partial charge in [-0.3, -0.25) is 0 Å². The molecule has 1 aliphatic carbocycles. The van der Waals surface area contributed by atoms with E-state index in [2.05, 4.69) is 18.7 Å². The van der Waals surface area contributed by atoms with Crippen LogP contribution in [-0.2, 0) is 4.74 Å². The molecule has 0 aromatic carbocycles. The van der Waals surface area contributed by atoms with Crippen LogP contribution in [0.1, 0.15) is 59.8 Å². The molecule has 3 aliphatic rings.